The molecule has 0 aromatic heterocycles. The second kappa shape index (κ2) is 6.61. The molecule has 0 bridgehead atoms. The fourth-order valence-electron chi connectivity index (χ4n) is 3.73. The number of carbonyl (C=O) groups excluding carboxylic acids is 1. The van der Waals surface area contributed by atoms with Crippen LogP contribution in [0.2, 0.25) is 0 Å². The number of hydrogen-bond acceptors (Lipinski definition) is 2. The lowest BCUT2D eigenvalue weighted by Gasteiger charge is -2.18. The standard InChI is InChI=1S/C18H26N2O/c1-14-4-2-3-5-17(14)16-9-11-20(13-16)18(21)7-6-15-8-10-19-12-15/h2-5,15-16,19H,6-13H2,1H3. The molecule has 0 aliphatic carbocycles. The van der Waals surface area contributed by atoms with Crippen molar-refractivity contribution in [1.29, 1.82) is 0 Å². The van der Waals surface area contributed by atoms with Crippen molar-refractivity contribution in [3.05, 3.63) is 35.4 Å². The van der Waals surface area contributed by atoms with E-state index >= 15 is 0 Å². The minimum absolute atomic E-state index is 0.359. The van der Waals surface area contributed by atoms with Crippen LogP contribution in [-0.2, 0) is 4.79 Å². The molecule has 1 aromatic rings. The molecule has 1 amide bonds. The Labute approximate surface area is 127 Å². The van der Waals surface area contributed by atoms with Gasteiger partial charge in [0, 0.05) is 25.4 Å². The summed E-state index contributed by atoms with van der Waals surface area (Å²) in [4.78, 5) is 14.5. The summed E-state index contributed by atoms with van der Waals surface area (Å²) in [5, 5.41) is 3.38. The molecule has 2 aliphatic rings. The highest BCUT2D eigenvalue weighted by molar-refractivity contribution is 5.76. The van der Waals surface area contributed by atoms with Gasteiger partial charge in [-0.3, -0.25) is 4.79 Å². The lowest BCUT2D eigenvalue weighted by Crippen LogP contribution is -2.28. The van der Waals surface area contributed by atoms with Crippen molar-refractivity contribution in [2.45, 2.75) is 38.5 Å². The van der Waals surface area contributed by atoms with Gasteiger partial charge in [-0.15, -0.1) is 0 Å². The Hall–Kier alpha value is -1.35. The second-order valence-electron chi connectivity index (χ2n) is 6.58. The summed E-state index contributed by atoms with van der Waals surface area (Å²) in [5.41, 5.74) is 2.78. The van der Waals surface area contributed by atoms with Crippen LogP contribution in [0.4, 0.5) is 0 Å². The molecule has 0 spiro atoms. The summed E-state index contributed by atoms with van der Waals surface area (Å²) < 4.78 is 0. The quantitative estimate of drug-likeness (QED) is 0.923. The minimum Gasteiger partial charge on any atom is -0.342 e. The third-order valence-electron chi connectivity index (χ3n) is 5.10. The van der Waals surface area contributed by atoms with Gasteiger partial charge in [0.1, 0.15) is 0 Å². The smallest absolute Gasteiger partial charge is 0.222 e. The molecule has 2 atom stereocenters. The van der Waals surface area contributed by atoms with E-state index < -0.39 is 0 Å². The van der Waals surface area contributed by atoms with E-state index in [2.05, 4.69) is 41.4 Å². The maximum atomic E-state index is 12.4. The number of benzene rings is 1. The van der Waals surface area contributed by atoms with E-state index in [0.29, 0.717) is 17.7 Å². The van der Waals surface area contributed by atoms with Crippen molar-refractivity contribution in [2.75, 3.05) is 26.2 Å². The first-order valence-electron chi connectivity index (χ1n) is 8.28. The summed E-state index contributed by atoms with van der Waals surface area (Å²) in [5.74, 6) is 1.60. The van der Waals surface area contributed by atoms with Gasteiger partial charge < -0.3 is 10.2 Å². The molecule has 2 unspecified atom stereocenters. The Balaban J connectivity index is 1.51. The topological polar surface area (TPSA) is 32.3 Å². The van der Waals surface area contributed by atoms with Gasteiger partial charge in [0.15, 0.2) is 0 Å². The Morgan fingerprint density at radius 2 is 2.19 bits per heavy atom. The van der Waals surface area contributed by atoms with Crippen LogP contribution in [0.15, 0.2) is 24.3 Å². The van der Waals surface area contributed by atoms with E-state index in [0.717, 1.165) is 45.4 Å². The van der Waals surface area contributed by atoms with Crippen molar-refractivity contribution in [3.8, 4) is 0 Å². The monoisotopic (exact) mass is 286 g/mol. The van der Waals surface area contributed by atoms with E-state index in [4.69, 9.17) is 0 Å². The number of hydrogen-bond donors (Lipinski definition) is 1. The highest BCUT2D eigenvalue weighted by Crippen LogP contribution is 2.30. The highest BCUT2D eigenvalue weighted by Gasteiger charge is 2.28. The average Bonchev–Trinajstić information content (AvgIpc) is 3.17. The van der Waals surface area contributed by atoms with Crippen LogP contribution in [0.25, 0.3) is 0 Å². The maximum Gasteiger partial charge on any atom is 0.222 e. The van der Waals surface area contributed by atoms with Gasteiger partial charge in [-0.2, -0.15) is 0 Å². The molecule has 114 valence electrons. The second-order valence-corrected chi connectivity index (χ2v) is 6.58. The molecule has 0 saturated carbocycles. The largest absolute Gasteiger partial charge is 0.342 e. The minimum atomic E-state index is 0.359. The first-order valence-corrected chi connectivity index (χ1v) is 8.28. The van der Waals surface area contributed by atoms with Crippen molar-refractivity contribution >= 4 is 5.91 Å². The van der Waals surface area contributed by atoms with E-state index in [1.807, 2.05) is 0 Å². The summed E-state index contributed by atoms with van der Waals surface area (Å²) in [6, 6.07) is 8.59. The molecule has 2 saturated heterocycles. The lowest BCUT2D eigenvalue weighted by molar-refractivity contribution is -0.130. The number of aryl methyl sites for hydroxylation is 1. The molecule has 2 aliphatic heterocycles. The Bertz CT molecular complexity index is 494. The number of likely N-dealkylation sites (tertiary alicyclic amines) is 1. The Kier molecular flexibility index (Phi) is 4.59. The normalized spacial score (nSPS) is 25.5. The zero-order chi connectivity index (χ0) is 14.7. The number of carbonyl (C=O) groups is 1. The SMILES string of the molecule is Cc1ccccc1C1CCN(C(=O)CCC2CCNC2)C1. The van der Waals surface area contributed by atoms with Gasteiger partial charge in [0.2, 0.25) is 5.91 Å². The van der Waals surface area contributed by atoms with Crippen molar-refractivity contribution < 1.29 is 4.79 Å². The van der Waals surface area contributed by atoms with E-state index in [-0.39, 0.29) is 0 Å². The molecule has 3 nitrogen and oxygen atoms in total. The molecular formula is C18H26N2O. The van der Waals surface area contributed by atoms with Crippen LogP contribution in [0.1, 0.15) is 42.7 Å². The average molecular weight is 286 g/mol. The van der Waals surface area contributed by atoms with E-state index in [1.165, 1.54) is 17.5 Å². The van der Waals surface area contributed by atoms with Crippen molar-refractivity contribution in [3.63, 3.8) is 0 Å². The molecule has 3 rings (SSSR count). The third kappa shape index (κ3) is 3.46. The summed E-state index contributed by atoms with van der Waals surface area (Å²) in [7, 11) is 0. The molecular weight excluding hydrogens is 260 g/mol. The van der Waals surface area contributed by atoms with E-state index in [1.54, 1.807) is 0 Å². The fraction of sp³-hybridized carbons (Fsp3) is 0.611. The summed E-state index contributed by atoms with van der Waals surface area (Å²) in [6.45, 7) is 6.23. The van der Waals surface area contributed by atoms with Crippen LogP contribution in [0.5, 0.6) is 0 Å². The van der Waals surface area contributed by atoms with Crippen LogP contribution < -0.4 is 5.32 Å². The van der Waals surface area contributed by atoms with E-state index in [9.17, 15) is 4.79 Å². The lowest BCUT2D eigenvalue weighted by atomic mass is 9.94. The number of rotatable bonds is 4. The van der Waals surface area contributed by atoms with Gasteiger partial charge in [0.25, 0.3) is 0 Å². The van der Waals surface area contributed by atoms with Gasteiger partial charge in [-0.25, -0.2) is 0 Å². The van der Waals surface area contributed by atoms with Crippen LogP contribution in [0, 0.1) is 12.8 Å². The van der Waals surface area contributed by atoms with Crippen LogP contribution >= 0.6 is 0 Å². The molecule has 1 aromatic carbocycles. The molecule has 3 heteroatoms. The predicted octanol–water partition coefficient (Wildman–Crippen LogP) is 2.70. The maximum absolute atomic E-state index is 12.4. The van der Waals surface area contributed by atoms with Crippen LogP contribution in [-0.4, -0.2) is 37.0 Å². The molecule has 2 fully saturated rings. The third-order valence-corrected chi connectivity index (χ3v) is 5.10. The molecule has 1 N–H and O–H groups in total. The first kappa shape index (κ1) is 14.6. The number of amides is 1. The number of nitrogens with one attached hydrogen (secondary N) is 1. The zero-order valence-electron chi connectivity index (χ0n) is 13.0. The predicted molar refractivity (Wildman–Crippen MR) is 85.3 cm³/mol. The Morgan fingerprint density at radius 3 is 2.95 bits per heavy atom. The first-order chi connectivity index (χ1) is 10.2. The zero-order valence-corrected chi connectivity index (χ0v) is 13.0. The molecule has 0 radical (unpaired) electrons. The van der Waals surface area contributed by atoms with Gasteiger partial charge in [-0.1, -0.05) is 24.3 Å². The van der Waals surface area contributed by atoms with Gasteiger partial charge in [-0.05, 0) is 56.3 Å². The highest BCUT2D eigenvalue weighted by atomic mass is 16.2. The summed E-state index contributed by atoms with van der Waals surface area (Å²) in [6.07, 6.45) is 4.13. The van der Waals surface area contributed by atoms with Gasteiger partial charge >= 0.3 is 0 Å². The van der Waals surface area contributed by atoms with Crippen LogP contribution in [0.3, 0.4) is 0 Å². The Morgan fingerprint density at radius 1 is 1.33 bits per heavy atom. The van der Waals surface area contributed by atoms with Gasteiger partial charge in [0.05, 0.1) is 0 Å². The number of nitrogens with zero attached hydrogens (tertiary/aromatic N) is 1. The molecule has 21 heavy (non-hydrogen) atoms. The van der Waals surface area contributed by atoms with Crippen molar-refractivity contribution in [2.24, 2.45) is 5.92 Å². The summed E-state index contributed by atoms with van der Waals surface area (Å²) >= 11 is 0. The fourth-order valence-corrected chi connectivity index (χ4v) is 3.73. The molecule has 2 heterocycles. The van der Waals surface area contributed by atoms with Crippen molar-refractivity contribution in [1.82, 2.24) is 10.2 Å².